The number of hydrogen-bond donors (Lipinski definition) is 1. The molecule has 1 saturated heterocycles. The van der Waals surface area contributed by atoms with E-state index in [1.165, 1.54) is 18.4 Å². The summed E-state index contributed by atoms with van der Waals surface area (Å²) in [5.41, 5.74) is 2.30. The van der Waals surface area contributed by atoms with Crippen LogP contribution in [-0.2, 0) is 10.5 Å². The molecule has 1 aliphatic rings. The van der Waals surface area contributed by atoms with Crippen LogP contribution in [0.2, 0.25) is 0 Å². The molecule has 0 saturated carbocycles. The molecule has 0 aliphatic carbocycles. The van der Waals surface area contributed by atoms with E-state index >= 15 is 0 Å². The van der Waals surface area contributed by atoms with Crippen molar-refractivity contribution in [1.82, 2.24) is 0 Å². The summed E-state index contributed by atoms with van der Waals surface area (Å²) in [4.78, 5) is 0. The fourth-order valence-electron chi connectivity index (χ4n) is 1.88. The van der Waals surface area contributed by atoms with Crippen LogP contribution < -0.4 is 0 Å². The van der Waals surface area contributed by atoms with Gasteiger partial charge in [-0.3, -0.25) is 0 Å². The minimum absolute atomic E-state index is 0.0820. The molecule has 0 bridgehead atoms. The summed E-state index contributed by atoms with van der Waals surface area (Å²) in [6.07, 6.45) is 2.34. The molecule has 0 unspecified atom stereocenters. The van der Waals surface area contributed by atoms with Gasteiger partial charge in [0.05, 0.1) is 0 Å². The minimum atomic E-state index is -0.0820. The maximum atomic E-state index is 8.62. The third-order valence-electron chi connectivity index (χ3n) is 2.92. The van der Waals surface area contributed by atoms with E-state index in [0.29, 0.717) is 0 Å². The number of ether oxygens (including phenoxy) is 1. The lowest BCUT2D eigenvalue weighted by molar-refractivity contribution is 0.1000. The maximum absolute atomic E-state index is 8.62. The van der Waals surface area contributed by atoms with Crippen molar-refractivity contribution in [2.45, 2.75) is 23.8 Å². The largest absolute Gasteiger partial charge is 0.384 e. The second-order valence-electron chi connectivity index (χ2n) is 4.28. The molecule has 96 valence electrons. The standard InChI is InChI=1S/C15H18O2S/c16-9-1-2-13-3-5-14(6-4-13)12-18-15-7-10-17-11-8-15/h3-6,15-16H,7-12H2. The summed E-state index contributed by atoms with van der Waals surface area (Å²) in [6, 6.07) is 8.27. The molecule has 2 nitrogen and oxygen atoms in total. The molecule has 0 radical (unpaired) electrons. The topological polar surface area (TPSA) is 29.5 Å². The van der Waals surface area contributed by atoms with Gasteiger partial charge in [0, 0.05) is 29.8 Å². The monoisotopic (exact) mass is 262 g/mol. The van der Waals surface area contributed by atoms with Crippen molar-refractivity contribution in [3.63, 3.8) is 0 Å². The van der Waals surface area contributed by atoms with E-state index in [2.05, 4.69) is 24.0 Å². The molecule has 1 fully saturated rings. The van der Waals surface area contributed by atoms with E-state index in [9.17, 15) is 0 Å². The van der Waals surface area contributed by atoms with Gasteiger partial charge in [0.15, 0.2) is 0 Å². The maximum Gasteiger partial charge on any atom is 0.104 e. The summed E-state index contributed by atoms with van der Waals surface area (Å²) >= 11 is 2.02. The zero-order chi connectivity index (χ0) is 12.6. The zero-order valence-corrected chi connectivity index (χ0v) is 11.2. The second kappa shape index (κ2) is 7.48. The molecular weight excluding hydrogens is 244 g/mol. The molecule has 1 heterocycles. The van der Waals surface area contributed by atoms with E-state index in [-0.39, 0.29) is 6.61 Å². The average Bonchev–Trinajstić information content (AvgIpc) is 2.45. The van der Waals surface area contributed by atoms with Gasteiger partial charge < -0.3 is 9.84 Å². The van der Waals surface area contributed by atoms with Gasteiger partial charge in [0.2, 0.25) is 0 Å². The van der Waals surface area contributed by atoms with Gasteiger partial charge in [-0.1, -0.05) is 24.0 Å². The first-order chi connectivity index (χ1) is 8.88. The average molecular weight is 262 g/mol. The van der Waals surface area contributed by atoms with Crippen molar-refractivity contribution in [2.75, 3.05) is 19.8 Å². The van der Waals surface area contributed by atoms with Gasteiger partial charge >= 0.3 is 0 Å². The van der Waals surface area contributed by atoms with Crippen LogP contribution in [-0.4, -0.2) is 30.2 Å². The van der Waals surface area contributed by atoms with Crippen molar-refractivity contribution in [2.24, 2.45) is 0 Å². The van der Waals surface area contributed by atoms with E-state index in [0.717, 1.165) is 29.8 Å². The van der Waals surface area contributed by atoms with E-state index in [4.69, 9.17) is 9.84 Å². The number of hydrogen-bond acceptors (Lipinski definition) is 3. The molecular formula is C15H18O2S. The number of thioether (sulfide) groups is 1. The molecule has 1 aromatic rings. The highest BCUT2D eigenvalue weighted by atomic mass is 32.2. The second-order valence-corrected chi connectivity index (χ2v) is 5.57. The normalized spacial score (nSPS) is 16.1. The van der Waals surface area contributed by atoms with E-state index in [1.807, 2.05) is 23.9 Å². The van der Waals surface area contributed by atoms with Crippen molar-refractivity contribution in [3.05, 3.63) is 35.4 Å². The fourth-order valence-corrected chi connectivity index (χ4v) is 3.03. The number of benzene rings is 1. The molecule has 0 atom stereocenters. The number of aliphatic hydroxyl groups excluding tert-OH is 1. The first-order valence-electron chi connectivity index (χ1n) is 6.26. The summed E-state index contributed by atoms with van der Waals surface area (Å²) < 4.78 is 5.36. The summed E-state index contributed by atoms with van der Waals surface area (Å²) in [7, 11) is 0. The quantitative estimate of drug-likeness (QED) is 0.848. The lowest BCUT2D eigenvalue weighted by Crippen LogP contribution is -2.17. The highest BCUT2D eigenvalue weighted by molar-refractivity contribution is 7.99. The lowest BCUT2D eigenvalue weighted by Gasteiger charge is -2.21. The fraction of sp³-hybridized carbons (Fsp3) is 0.467. The Morgan fingerprint density at radius 3 is 2.61 bits per heavy atom. The van der Waals surface area contributed by atoms with Gasteiger partial charge in [-0.2, -0.15) is 11.8 Å². The molecule has 3 heteroatoms. The highest BCUT2D eigenvalue weighted by Gasteiger charge is 2.13. The lowest BCUT2D eigenvalue weighted by atomic mass is 10.1. The van der Waals surface area contributed by atoms with E-state index < -0.39 is 0 Å². The van der Waals surface area contributed by atoms with Gasteiger partial charge in [-0.25, -0.2) is 0 Å². The highest BCUT2D eigenvalue weighted by Crippen LogP contribution is 2.25. The van der Waals surface area contributed by atoms with Crippen molar-refractivity contribution in [3.8, 4) is 11.8 Å². The Kier molecular flexibility index (Phi) is 5.60. The van der Waals surface area contributed by atoms with Crippen LogP contribution in [0.5, 0.6) is 0 Å². The van der Waals surface area contributed by atoms with Crippen LogP contribution in [0.4, 0.5) is 0 Å². The molecule has 1 aliphatic heterocycles. The minimum Gasteiger partial charge on any atom is -0.384 e. The van der Waals surface area contributed by atoms with Crippen molar-refractivity contribution in [1.29, 1.82) is 0 Å². The SMILES string of the molecule is OCC#Cc1ccc(CSC2CCOCC2)cc1. The van der Waals surface area contributed by atoms with Crippen LogP contribution in [0.15, 0.2) is 24.3 Å². The smallest absolute Gasteiger partial charge is 0.104 e. The number of rotatable bonds is 3. The summed E-state index contributed by atoms with van der Waals surface area (Å²) in [5.74, 6) is 6.61. The Balaban J connectivity index is 1.82. The van der Waals surface area contributed by atoms with Gasteiger partial charge in [-0.05, 0) is 30.5 Å². The van der Waals surface area contributed by atoms with Crippen LogP contribution in [0, 0.1) is 11.8 Å². The third kappa shape index (κ3) is 4.38. The molecule has 0 amide bonds. The van der Waals surface area contributed by atoms with Gasteiger partial charge in [0.1, 0.15) is 6.61 Å². The Morgan fingerprint density at radius 1 is 1.22 bits per heavy atom. The van der Waals surface area contributed by atoms with Crippen molar-refractivity contribution >= 4 is 11.8 Å². The predicted octanol–water partition coefficient (Wildman–Crippen LogP) is 2.44. The summed E-state index contributed by atoms with van der Waals surface area (Å²) in [6.45, 7) is 1.74. The van der Waals surface area contributed by atoms with Crippen LogP contribution in [0.1, 0.15) is 24.0 Å². The predicted molar refractivity (Wildman–Crippen MR) is 75.5 cm³/mol. The molecule has 0 spiro atoms. The molecule has 2 rings (SSSR count). The van der Waals surface area contributed by atoms with Gasteiger partial charge in [-0.15, -0.1) is 0 Å². The Bertz CT molecular complexity index is 410. The first kappa shape index (κ1) is 13.5. The number of aliphatic hydroxyl groups is 1. The van der Waals surface area contributed by atoms with E-state index in [1.54, 1.807) is 0 Å². The van der Waals surface area contributed by atoms with Crippen molar-refractivity contribution < 1.29 is 9.84 Å². The third-order valence-corrected chi connectivity index (χ3v) is 4.36. The zero-order valence-electron chi connectivity index (χ0n) is 10.4. The molecule has 1 N–H and O–H groups in total. The van der Waals surface area contributed by atoms with Crippen LogP contribution >= 0.6 is 11.8 Å². The molecule has 18 heavy (non-hydrogen) atoms. The first-order valence-corrected chi connectivity index (χ1v) is 7.31. The van der Waals surface area contributed by atoms with Crippen LogP contribution in [0.3, 0.4) is 0 Å². The van der Waals surface area contributed by atoms with Crippen LogP contribution in [0.25, 0.3) is 0 Å². The Hall–Kier alpha value is -0.950. The van der Waals surface area contributed by atoms with Gasteiger partial charge in [0.25, 0.3) is 0 Å². The molecule has 0 aromatic heterocycles. The summed E-state index contributed by atoms with van der Waals surface area (Å²) in [5, 5.41) is 9.37. The Labute approximate surface area is 113 Å². The molecule has 1 aromatic carbocycles. The Morgan fingerprint density at radius 2 is 1.94 bits per heavy atom.